The molecule has 1 aliphatic heterocycles. The molecule has 1 heterocycles. The van der Waals surface area contributed by atoms with Gasteiger partial charge in [-0.2, -0.15) is 0 Å². The van der Waals surface area contributed by atoms with E-state index in [0.29, 0.717) is 55.4 Å². The largest absolute Gasteiger partial charge is 0.494 e. The molecule has 0 radical (unpaired) electrons. The minimum atomic E-state index is -0.330. The van der Waals surface area contributed by atoms with Crippen LogP contribution in [0, 0.1) is 0 Å². The molecule has 1 aromatic carbocycles. The van der Waals surface area contributed by atoms with Crippen LogP contribution >= 0.6 is 0 Å². The summed E-state index contributed by atoms with van der Waals surface area (Å²) in [5.41, 5.74) is 1.34. The number of imide groups is 1. The Labute approximate surface area is 172 Å². The van der Waals surface area contributed by atoms with E-state index < -0.39 is 0 Å². The Morgan fingerprint density at radius 3 is 2.34 bits per heavy atom. The molecule has 0 unspecified atom stereocenters. The molecular formula is C22H32N2O5. The molecule has 7 nitrogen and oxygen atoms in total. The minimum absolute atomic E-state index is 0.108. The third-order valence-electron chi connectivity index (χ3n) is 4.73. The van der Waals surface area contributed by atoms with Crippen LogP contribution in [0.2, 0.25) is 0 Å². The Bertz CT molecular complexity index is 714. The van der Waals surface area contributed by atoms with E-state index in [1.165, 1.54) is 4.90 Å². The van der Waals surface area contributed by atoms with Gasteiger partial charge in [0.25, 0.3) is 11.8 Å². The van der Waals surface area contributed by atoms with Crippen molar-refractivity contribution in [3.8, 4) is 5.75 Å². The summed E-state index contributed by atoms with van der Waals surface area (Å²) in [6.45, 7) is 6.23. The Morgan fingerprint density at radius 1 is 1.03 bits per heavy atom. The van der Waals surface area contributed by atoms with Crippen LogP contribution in [0.5, 0.6) is 5.75 Å². The molecule has 0 spiro atoms. The van der Waals surface area contributed by atoms with Crippen molar-refractivity contribution in [2.75, 3.05) is 46.6 Å². The van der Waals surface area contributed by atoms with Gasteiger partial charge in [-0.05, 0) is 37.5 Å². The first-order chi connectivity index (χ1) is 14.0. The van der Waals surface area contributed by atoms with E-state index in [1.807, 2.05) is 6.92 Å². The van der Waals surface area contributed by atoms with Crippen molar-refractivity contribution in [2.24, 2.45) is 0 Å². The summed E-state index contributed by atoms with van der Waals surface area (Å²) in [4.78, 5) is 29.0. The molecule has 0 bridgehead atoms. The number of nitrogens with zero attached hydrogens (tertiary/aromatic N) is 2. The normalized spacial score (nSPS) is 14.1. The van der Waals surface area contributed by atoms with Crippen LogP contribution < -0.4 is 4.74 Å². The molecule has 1 aromatic rings. The Balaban J connectivity index is 2.19. The highest BCUT2D eigenvalue weighted by molar-refractivity contribution is 6.35. The lowest BCUT2D eigenvalue weighted by molar-refractivity contribution is -0.137. The van der Waals surface area contributed by atoms with Gasteiger partial charge in [-0.1, -0.05) is 25.5 Å². The second kappa shape index (κ2) is 11.6. The van der Waals surface area contributed by atoms with Crippen LogP contribution in [0.1, 0.15) is 38.7 Å². The number of hydrogen-bond acceptors (Lipinski definition) is 6. The van der Waals surface area contributed by atoms with Crippen molar-refractivity contribution in [1.29, 1.82) is 0 Å². The highest BCUT2D eigenvalue weighted by Crippen LogP contribution is 2.32. The van der Waals surface area contributed by atoms with E-state index in [2.05, 4.69) is 6.92 Å². The number of aliphatic hydroxyl groups is 1. The second-order valence-electron chi connectivity index (χ2n) is 6.91. The van der Waals surface area contributed by atoms with E-state index in [1.54, 1.807) is 36.2 Å². The van der Waals surface area contributed by atoms with E-state index in [-0.39, 0.29) is 25.0 Å². The maximum atomic E-state index is 13.1. The molecule has 29 heavy (non-hydrogen) atoms. The van der Waals surface area contributed by atoms with Gasteiger partial charge in [0, 0.05) is 33.4 Å². The Morgan fingerprint density at radius 2 is 1.72 bits per heavy atom. The van der Waals surface area contributed by atoms with Crippen LogP contribution in [0.15, 0.2) is 30.0 Å². The van der Waals surface area contributed by atoms with Gasteiger partial charge in [0.1, 0.15) is 11.4 Å². The zero-order chi connectivity index (χ0) is 21.2. The van der Waals surface area contributed by atoms with Gasteiger partial charge in [0.15, 0.2) is 0 Å². The number of likely N-dealkylation sites (N-methyl/N-ethyl adjacent to an activating group) is 1. The number of carbonyl (C=O) groups is 2. The van der Waals surface area contributed by atoms with Crippen LogP contribution in [0.4, 0.5) is 0 Å². The van der Waals surface area contributed by atoms with Crippen molar-refractivity contribution in [3.63, 3.8) is 0 Å². The fraction of sp³-hybridized carbons (Fsp3) is 0.545. The summed E-state index contributed by atoms with van der Waals surface area (Å²) in [5, 5.41) is 9.30. The van der Waals surface area contributed by atoms with Gasteiger partial charge >= 0.3 is 0 Å². The zero-order valence-electron chi connectivity index (χ0n) is 17.6. The molecule has 160 valence electrons. The maximum absolute atomic E-state index is 13.1. The molecule has 7 heteroatoms. The van der Waals surface area contributed by atoms with E-state index >= 15 is 0 Å². The lowest BCUT2D eigenvalue weighted by Gasteiger charge is -2.20. The smallest absolute Gasteiger partial charge is 0.277 e. The number of rotatable bonds is 13. The van der Waals surface area contributed by atoms with Gasteiger partial charge in [-0.15, -0.1) is 0 Å². The van der Waals surface area contributed by atoms with Gasteiger partial charge in [0.2, 0.25) is 0 Å². The first-order valence-corrected chi connectivity index (χ1v) is 10.3. The Hall–Kier alpha value is -2.38. The van der Waals surface area contributed by atoms with Gasteiger partial charge in [0.05, 0.1) is 18.8 Å². The summed E-state index contributed by atoms with van der Waals surface area (Å²) in [6, 6.07) is 7.15. The number of hydrogen-bond donors (Lipinski definition) is 1. The number of aliphatic hydroxyl groups excluding tert-OH is 1. The molecule has 0 saturated heterocycles. The summed E-state index contributed by atoms with van der Waals surface area (Å²) in [6.07, 6.45) is 2.66. The van der Waals surface area contributed by atoms with Crippen molar-refractivity contribution >= 4 is 17.4 Å². The maximum Gasteiger partial charge on any atom is 0.277 e. The average molecular weight is 405 g/mol. The van der Waals surface area contributed by atoms with E-state index in [4.69, 9.17) is 9.47 Å². The molecule has 1 aliphatic rings. The third kappa shape index (κ3) is 5.81. The molecular weight excluding hydrogens is 372 g/mol. The molecule has 0 fully saturated rings. The molecule has 1 N–H and O–H groups in total. The molecule has 0 aliphatic carbocycles. The predicted octanol–water partition coefficient (Wildman–Crippen LogP) is 2.30. The number of amides is 2. The first-order valence-electron chi connectivity index (χ1n) is 10.3. The van der Waals surface area contributed by atoms with Gasteiger partial charge in [-0.3, -0.25) is 14.5 Å². The van der Waals surface area contributed by atoms with Crippen LogP contribution in [0.25, 0.3) is 5.57 Å². The number of ether oxygens (including phenoxy) is 2. The summed E-state index contributed by atoms with van der Waals surface area (Å²) in [7, 11) is 1.71. The zero-order valence-corrected chi connectivity index (χ0v) is 17.6. The Kier molecular flexibility index (Phi) is 9.15. The number of benzene rings is 1. The number of unbranched alkanes of at least 4 members (excludes halogenated alkanes) is 1. The standard InChI is InChI=1S/C22H32N2O5/c1-4-6-15-28-16-7-12-24-21(26)19(20(22(24)27)23(3)13-14-25)17-8-10-18(11-9-17)29-5-2/h8-11,25H,4-7,12-16H2,1-3H3. The lowest BCUT2D eigenvalue weighted by Crippen LogP contribution is -2.36. The minimum Gasteiger partial charge on any atom is -0.494 e. The summed E-state index contributed by atoms with van der Waals surface area (Å²) >= 11 is 0. The van der Waals surface area contributed by atoms with Crippen molar-refractivity contribution < 1.29 is 24.2 Å². The van der Waals surface area contributed by atoms with Crippen molar-refractivity contribution in [3.05, 3.63) is 35.5 Å². The SMILES string of the molecule is CCCCOCCCN1C(=O)C(c2ccc(OCC)cc2)=C(N(C)CCO)C1=O. The number of carbonyl (C=O) groups excluding carboxylic acids is 2. The van der Waals surface area contributed by atoms with Gasteiger partial charge < -0.3 is 19.5 Å². The van der Waals surface area contributed by atoms with Crippen LogP contribution in [0.3, 0.4) is 0 Å². The highest BCUT2D eigenvalue weighted by atomic mass is 16.5. The lowest BCUT2D eigenvalue weighted by atomic mass is 10.0. The predicted molar refractivity (Wildman–Crippen MR) is 111 cm³/mol. The molecule has 0 atom stereocenters. The second-order valence-corrected chi connectivity index (χ2v) is 6.91. The van der Waals surface area contributed by atoms with Crippen molar-refractivity contribution in [2.45, 2.75) is 33.1 Å². The van der Waals surface area contributed by atoms with E-state index in [9.17, 15) is 14.7 Å². The summed E-state index contributed by atoms with van der Waals surface area (Å²) in [5.74, 6) is 0.0656. The first kappa shape index (κ1) is 22.9. The fourth-order valence-corrected chi connectivity index (χ4v) is 3.20. The topological polar surface area (TPSA) is 79.3 Å². The monoisotopic (exact) mass is 404 g/mol. The summed E-state index contributed by atoms with van der Waals surface area (Å²) < 4.78 is 11.0. The van der Waals surface area contributed by atoms with Crippen LogP contribution in [-0.2, 0) is 14.3 Å². The molecule has 0 saturated carbocycles. The van der Waals surface area contributed by atoms with E-state index in [0.717, 1.165) is 12.8 Å². The van der Waals surface area contributed by atoms with Gasteiger partial charge in [-0.25, -0.2) is 0 Å². The molecule has 0 aromatic heterocycles. The molecule has 2 rings (SSSR count). The average Bonchev–Trinajstić information content (AvgIpc) is 2.96. The van der Waals surface area contributed by atoms with Crippen LogP contribution in [-0.4, -0.2) is 73.3 Å². The third-order valence-corrected chi connectivity index (χ3v) is 4.73. The van der Waals surface area contributed by atoms with Crippen molar-refractivity contribution in [1.82, 2.24) is 9.80 Å². The fourth-order valence-electron chi connectivity index (χ4n) is 3.20. The highest BCUT2D eigenvalue weighted by Gasteiger charge is 2.40. The molecule has 2 amide bonds. The quantitative estimate of drug-likeness (QED) is 0.401.